The summed E-state index contributed by atoms with van der Waals surface area (Å²) in [6, 6.07) is 7.49. The second kappa shape index (κ2) is 4.94. The Kier molecular flexibility index (Phi) is 3.73. The molecule has 2 nitrogen and oxygen atoms in total. The van der Waals surface area contributed by atoms with Gasteiger partial charge in [-0.05, 0) is 26.0 Å². The Balaban J connectivity index is 2.18. The molecular weight excluding hydrogens is 250 g/mol. The van der Waals surface area contributed by atoms with Gasteiger partial charge < -0.3 is 4.90 Å². The van der Waals surface area contributed by atoms with Crippen LogP contribution in [-0.2, 0) is 0 Å². The zero-order chi connectivity index (χ0) is 12.5. The molecule has 4 heteroatoms. The maximum atomic E-state index is 12.4. The summed E-state index contributed by atoms with van der Waals surface area (Å²) in [5.74, 6) is 1.11. The minimum atomic E-state index is 0.101. The van der Waals surface area contributed by atoms with Crippen molar-refractivity contribution in [1.29, 1.82) is 0 Å². The Hall–Kier alpha value is -0.610. The van der Waals surface area contributed by atoms with E-state index >= 15 is 0 Å². The first kappa shape index (κ1) is 12.8. The molecule has 0 spiro atoms. The summed E-state index contributed by atoms with van der Waals surface area (Å²) < 4.78 is 0.152. The number of hydrogen-bond donors (Lipinski definition) is 1. The van der Waals surface area contributed by atoms with Gasteiger partial charge in [-0.15, -0.1) is 12.6 Å². The van der Waals surface area contributed by atoms with Gasteiger partial charge in [0, 0.05) is 28.5 Å². The Bertz CT molecular complexity index is 431. The van der Waals surface area contributed by atoms with Gasteiger partial charge >= 0.3 is 0 Å². The van der Waals surface area contributed by atoms with Gasteiger partial charge in [-0.1, -0.05) is 12.1 Å². The number of carbonyl (C=O) groups is 1. The maximum Gasteiger partial charge on any atom is 0.255 e. The van der Waals surface area contributed by atoms with Crippen LogP contribution in [0.1, 0.15) is 24.2 Å². The van der Waals surface area contributed by atoms with E-state index in [-0.39, 0.29) is 10.7 Å². The fourth-order valence-electron chi connectivity index (χ4n) is 2.01. The summed E-state index contributed by atoms with van der Waals surface area (Å²) >= 11 is 6.28. The van der Waals surface area contributed by atoms with Crippen LogP contribution in [0.25, 0.3) is 0 Å². The molecule has 17 heavy (non-hydrogen) atoms. The van der Waals surface area contributed by atoms with Crippen LogP contribution < -0.4 is 0 Å². The first-order valence-corrected chi connectivity index (χ1v) is 7.14. The fraction of sp³-hybridized carbons (Fsp3) is 0.462. The van der Waals surface area contributed by atoms with E-state index < -0.39 is 0 Å². The normalized spacial score (nSPS) is 19.1. The minimum absolute atomic E-state index is 0.101. The molecule has 1 heterocycles. The highest BCUT2D eigenvalue weighted by Crippen LogP contribution is 2.30. The Morgan fingerprint density at radius 2 is 2.12 bits per heavy atom. The van der Waals surface area contributed by atoms with Crippen LogP contribution in [0.5, 0.6) is 0 Å². The first-order valence-electron chi connectivity index (χ1n) is 5.71. The molecule has 1 aliphatic rings. The highest BCUT2D eigenvalue weighted by Gasteiger charge is 2.30. The molecule has 0 unspecified atom stereocenters. The number of carbonyl (C=O) groups excluding carboxylic acids is 1. The number of amides is 1. The molecular formula is C13H17NOS2. The predicted molar refractivity (Wildman–Crippen MR) is 76.1 cm³/mol. The summed E-state index contributed by atoms with van der Waals surface area (Å²) in [6.45, 7) is 6.00. The SMILES string of the molecule is CC1(C)CN(C(=O)c2ccccc2S)CCS1. The summed E-state index contributed by atoms with van der Waals surface area (Å²) in [5.41, 5.74) is 0.707. The lowest BCUT2D eigenvalue weighted by Gasteiger charge is -2.37. The molecule has 0 radical (unpaired) electrons. The number of rotatable bonds is 1. The Morgan fingerprint density at radius 1 is 1.41 bits per heavy atom. The van der Waals surface area contributed by atoms with Crippen molar-refractivity contribution in [3.05, 3.63) is 29.8 Å². The third-order valence-electron chi connectivity index (χ3n) is 2.85. The number of nitrogens with zero attached hydrogens (tertiary/aromatic N) is 1. The molecule has 1 aromatic carbocycles. The molecule has 1 fully saturated rings. The highest BCUT2D eigenvalue weighted by atomic mass is 32.2. The van der Waals surface area contributed by atoms with Crippen molar-refractivity contribution in [2.45, 2.75) is 23.5 Å². The molecule has 0 saturated carbocycles. The van der Waals surface area contributed by atoms with Crippen molar-refractivity contribution in [3.8, 4) is 0 Å². The summed E-state index contributed by atoms with van der Waals surface area (Å²) in [4.78, 5) is 15.1. The zero-order valence-corrected chi connectivity index (χ0v) is 11.9. The van der Waals surface area contributed by atoms with Crippen molar-refractivity contribution in [1.82, 2.24) is 4.90 Å². The summed E-state index contributed by atoms with van der Waals surface area (Å²) in [6.07, 6.45) is 0. The maximum absolute atomic E-state index is 12.4. The van der Waals surface area contributed by atoms with E-state index in [1.807, 2.05) is 40.9 Å². The second-order valence-electron chi connectivity index (χ2n) is 4.85. The summed E-state index contributed by atoms with van der Waals surface area (Å²) in [7, 11) is 0. The van der Waals surface area contributed by atoms with Crippen molar-refractivity contribution in [2.24, 2.45) is 0 Å². The van der Waals surface area contributed by atoms with Crippen molar-refractivity contribution in [2.75, 3.05) is 18.8 Å². The van der Waals surface area contributed by atoms with Gasteiger partial charge in [-0.3, -0.25) is 4.79 Å². The molecule has 1 amide bonds. The number of benzene rings is 1. The molecule has 0 N–H and O–H groups in total. The molecule has 2 rings (SSSR count). The van der Waals surface area contributed by atoms with Gasteiger partial charge in [0.05, 0.1) is 5.56 Å². The number of thioether (sulfide) groups is 1. The van der Waals surface area contributed by atoms with Gasteiger partial charge in [-0.2, -0.15) is 11.8 Å². The lowest BCUT2D eigenvalue weighted by molar-refractivity contribution is 0.0744. The molecule has 0 bridgehead atoms. The first-order chi connectivity index (χ1) is 7.99. The fourth-order valence-corrected chi connectivity index (χ4v) is 3.38. The van der Waals surface area contributed by atoms with E-state index in [1.165, 1.54) is 0 Å². The van der Waals surface area contributed by atoms with E-state index in [0.29, 0.717) is 5.56 Å². The van der Waals surface area contributed by atoms with E-state index in [1.54, 1.807) is 0 Å². The van der Waals surface area contributed by atoms with Gasteiger partial charge in [0.2, 0.25) is 0 Å². The second-order valence-corrected chi connectivity index (χ2v) is 7.14. The Labute approximate surface area is 112 Å². The molecule has 0 atom stereocenters. The molecule has 1 aliphatic heterocycles. The highest BCUT2D eigenvalue weighted by molar-refractivity contribution is 8.00. The van der Waals surface area contributed by atoms with Crippen LogP contribution in [0.4, 0.5) is 0 Å². The molecule has 92 valence electrons. The van der Waals surface area contributed by atoms with Crippen molar-refractivity contribution >= 4 is 30.3 Å². The van der Waals surface area contributed by atoms with Crippen LogP contribution in [-0.4, -0.2) is 34.4 Å². The van der Waals surface area contributed by atoms with Crippen LogP contribution in [0, 0.1) is 0 Å². The van der Waals surface area contributed by atoms with Crippen LogP contribution in [0.2, 0.25) is 0 Å². The van der Waals surface area contributed by atoms with E-state index in [9.17, 15) is 4.79 Å². The zero-order valence-electron chi connectivity index (χ0n) is 10.1. The smallest absolute Gasteiger partial charge is 0.255 e. The average Bonchev–Trinajstić information content (AvgIpc) is 2.27. The van der Waals surface area contributed by atoms with Gasteiger partial charge in [0.1, 0.15) is 0 Å². The molecule has 0 aromatic heterocycles. The van der Waals surface area contributed by atoms with Gasteiger partial charge in [-0.25, -0.2) is 0 Å². The molecule has 0 aliphatic carbocycles. The lowest BCUT2D eigenvalue weighted by Crippen LogP contribution is -2.46. The Morgan fingerprint density at radius 3 is 2.76 bits per heavy atom. The molecule has 1 aromatic rings. The van der Waals surface area contributed by atoms with Crippen LogP contribution >= 0.6 is 24.4 Å². The summed E-state index contributed by atoms with van der Waals surface area (Å²) in [5, 5.41) is 0. The topological polar surface area (TPSA) is 20.3 Å². The monoisotopic (exact) mass is 267 g/mol. The van der Waals surface area contributed by atoms with Gasteiger partial charge in [0.25, 0.3) is 5.91 Å². The predicted octanol–water partition coefficient (Wildman–Crippen LogP) is 2.94. The van der Waals surface area contributed by atoms with Crippen molar-refractivity contribution in [3.63, 3.8) is 0 Å². The van der Waals surface area contributed by atoms with Crippen LogP contribution in [0.15, 0.2) is 29.2 Å². The standard InChI is InChI=1S/C13H17NOS2/c1-13(2)9-14(7-8-17-13)12(15)10-5-3-4-6-11(10)16/h3-6,16H,7-9H2,1-2H3. The molecule has 1 saturated heterocycles. The number of hydrogen-bond acceptors (Lipinski definition) is 3. The van der Waals surface area contributed by atoms with E-state index in [4.69, 9.17) is 0 Å². The third-order valence-corrected chi connectivity index (χ3v) is 4.53. The van der Waals surface area contributed by atoms with Crippen molar-refractivity contribution < 1.29 is 4.79 Å². The quantitative estimate of drug-likeness (QED) is 0.790. The largest absolute Gasteiger partial charge is 0.336 e. The van der Waals surface area contributed by atoms with E-state index in [0.717, 1.165) is 23.7 Å². The van der Waals surface area contributed by atoms with E-state index in [2.05, 4.69) is 26.5 Å². The lowest BCUT2D eigenvalue weighted by atomic mass is 10.1. The third kappa shape index (κ3) is 2.99. The van der Waals surface area contributed by atoms with Gasteiger partial charge in [0.15, 0.2) is 0 Å². The van der Waals surface area contributed by atoms with Crippen LogP contribution in [0.3, 0.4) is 0 Å². The number of thiol groups is 1. The minimum Gasteiger partial charge on any atom is -0.336 e. The average molecular weight is 267 g/mol.